The van der Waals surface area contributed by atoms with Gasteiger partial charge in [-0.15, -0.1) is 0 Å². The summed E-state index contributed by atoms with van der Waals surface area (Å²) in [5, 5.41) is 3.29. The Bertz CT molecular complexity index is 577. The highest BCUT2D eigenvalue weighted by molar-refractivity contribution is 7.89. The highest BCUT2D eigenvalue weighted by Gasteiger charge is 2.30. The van der Waals surface area contributed by atoms with E-state index in [1.807, 2.05) is 12.1 Å². The average Bonchev–Trinajstić information content (AvgIpc) is 2.36. The van der Waals surface area contributed by atoms with Crippen LogP contribution in [0.15, 0.2) is 23.1 Å². The van der Waals surface area contributed by atoms with Gasteiger partial charge in [0.1, 0.15) is 0 Å². The SMILES string of the molecule is CC1CC(NS(=O)(=O)c2ccc3c(c2)CCCN3)C1. The fourth-order valence-electron chi connectivity index (χ4n) is 2.90. The zero-order valence-corrected chi connectivity index (χ0v) is 12.0. The van der Waals surface area contributed by atoms with Crippen molar-refractivity contribution in [3.05, 3.63) is 23.8 Å². The second-order valence-electron chi connectivity index (χ2n) is 5.74. The average molecular weight is 280 g/mol. The van der Waals surface area contributed by atoms with Crippen molar-refractivity contribution in [1.29, 1.82) is 0 Å². The molecular formula is C14H20N2O2S. The fourth-order valence-corrected chi connectivity index (χ4v) is 4.22. The lowest BCUT2D eigenvalue weighted by atomic mass is 9.83. The van der Waals surface area contributed by atoms with E-state index >= 15 is 0 Å². The van der Waals surface area contributed by atoms with Gasteiger partial charge in [0.05, 0.1) is 4.90 Å². The number of hydrogen-bond donors (Lipinski definition) is 2. The van der Waals surface area contributed by atoms with Gasteiger partial charge in [-0.25, -0.2) is 13.1 Å². The number of benzene rings is 1. The van der Waals surface area contributed by atoms with Gasteiger partial charge in [0.15, 0.2) is 0 Å². The number of aryl methyl sites for hydroxylation is 1. The van der Waals surface area contributed by atoms with E-state index < -0.39 is 10.0 Å². The Morgan fingerprint density at radius 1 is 1.32 bits per heavy atom. The topological polar surface area (TPSA) is 58.2 Å². The molecule has 0 radical (unpaired) electrons. The molecule has 1 aliphatic carbocycles. The molecule has 0 amide bonds. The van der Waals surface area contributed by atoms with E-state index in [0.717, 1.165) is 43.5 Å². The number of rotatable bonds is 3. The largest absolute Gasteiger partial charge is 0.385 e. The summed E-state index contributed by atoms with van der Waals surface area (Å²) in [4.78, 5) is 0.398. The molecule has 1 saturated carbocycles. The summed E-state index contributed by atoms with van der Waals surface area (Å²) in [6, 6.07) is 5.51. The van der Waals surface area contributed by atoms with Crippen molar-refractivity contribution in [3.8, 4) is 0 Å². The third kappa shape index (κ3) is 2.62. The van der Waals surface area contributed by atoms with Gasteiger partial charge in [-0.05, 0) is 55.4 Å². The minimum absolute atomic E-state index is 0.120. The standard InChI is InChI=1S/C14H20N2O2S/c1-10-7-12(8-10)16-19(17,18)13-4-5-14-11(9-13)3-2-6-15-14/h4-5,9-10,12,15-16H,2-3,6-8H2,1H3. The molecule has 1 fully saturated rings. The van der Waals surface area contributed by atoms with Crippen molar-refractivity contribution < 1.29 is 8.42 Å². The Balaban J connectivity index is 1.80. The monoisotopic (exact) mass is 280 g/mol. The van der Waals surface area contributed by atoms with Crippen molar-refractivity contribution in [1.82, 2.24) is 4.72 Å². The molecule has 0 unspecified atom stereocenters. The Labute approximate surface area is 114 Å². The predicted molar refractivity (Wildman–Crippen MR) is 75.8 cm³/mol. The van der Waals surface area contributed by atoms with E-state index in [1.54, 1.807) is 6.07 Å². The molecule has 0 saturated heterocycles. The van der Waals surface area contributed by atoms with Crippen LogP contribution in [0, 0.1) is 5.92 Å². The van der Waals surface area contributed by atoms with Gasteiger partial charge in [0, 0.05) is 18.3 Å². The van der Waals surface area contributed by atoms with Crippen LogP contribution in [-0.4, -0.2) is 21.0 Å². The second kappa shape index (κ2) is 4.80. The summed E-state index contributed by atoms with van der Waals surface area (Å²) >= 11 is 0. The first-order valence-electron chi connectivity index (χ1n) is 6.94. The lowest BCUT2D eigenvalue weighted by Gasteiger charge is -2.33. The molecule has 4 nitrogen and oxygen atoms in total. The van der Waals surface area contributed by atoms with E-state index in [2.05, 4.69) is 17.0 Å². The number of hydrogen-bond acceptors (Lipinski definition) is 3. The quantitative estimate of drug-likeness (QED) is 0.891. The lowest BCUT2D eigenvalue weighted by molar-refractivity contribution is 0.270. The molecule has 1 aromatic carbocycles. The van der Waals surface area contributed by atoms with E-state index in [4.69, 9.17) is 0 Å². The van der Waals surface area contributed by atoms with Gasteiger partial charge in [0.25, 0.3) is 0 Å². The molecule has 19 heavy (non-hydrogen) atoms. The van der Waals surface area contributed by atoms with Crippen molar-refractivity contribution in [2.45, 2.75) is 43.5 Å². The van der Waals surface area contributed by atoms with Gasteiger partial charge in [-0.1, -0.05) is 6.92 Å². The Morgan fingerprint density at radius 3 is 2.84 bits per heavy atom. The third-order valence-electron chi connectivity index (χ3n) is 4.02. The van der Waals surface area contributed by atoms with Crippen molar-refractivity contribution in [3.63, 3.8) is 0 Å². The van der Waals surface area contributed by atoms with Gasteiger partial charge < -0.3 is 5.32 Å². The van der Waals surface area contributed by atoms with Crippen LogP contribution in [0.1, 0.15) is 31.7 Å². The maximum absolute atomic E-state index is 12.3. The smallest absolute Gasteiger partial charge is 0.240 e. The molecule has 1 aromatic rings. The van der Waals surface area contributed by atoms with Crippen LogP contribution >= 0.6 is 0 Å². The molecule has 1 aliphatic heterocycles. The minimum atomic E-state index is -3.36. The molecule has 2 aliphatic rings. The van der Waals surface area contributed by atoms with E-state index in [0.29, 0.717) is 10.8 Å². The highest BCUT2D eigenvalue weighted by Crippen LogP contribution is 2.29. The number of anilines is 1. The van der Waals surface area contributed by atoms with Crippen LogP contribution in [0.4, 0.5) is 5.69 Å². The summed E-state index contributed by atoms with van der Waals surface area (Å²) in [5.41, 5.74) is 2.18. The molecule has 2 N–H and O–H groups in total. The Morgan fingerprint density at radius 2 is 2.11 bits per heavy atom. The molecule has 5 heteroatoms. The number of nitrogens with one attached hydrogen (secondary N) is 2. The van der Waals surface area contributed by atoms with Gasteiger partial charge in [-0.3, -0.25) is 0 Å². The maximum Gasteiger partial charge on any atom is 0.240 e. The Kier molecular flexibility index (Phi) is 3.27. The zero-order valence-electron chi connectivity index (χ0n) is 11.1. The molecule has 104 valence electrons. The van der Waals surface area contributed by atoms with Crippen LogP contribution in [0.3, 0.4) is 0 Å². The molecule has 1 heterocycles. The fraction of sp³-hybridized carbons (Fsp3) is 0.571. The van der Waals surface area contributed by atoms with Crippen LogP contribution in [0.2, 0.25) is 0 Å². The van der Waals surface area contributed by atoms with E-state index in [9.17, 15) is 8.42 Å². The number of fused-ring (bicyclic) bond motifs is 1. The van der Waals surface area contributed by atoms with Crippen LogP contribution in [0.25, 0.3) is 0 Å². The summed E-state index contributed by atoms with van der Waals surface area (Å²) < 4.78 is 27.4. The number of sulfonamides is 1. The summed E-state index contributed by atoms with van der Waals surface area (Å²) in [6.45, 7) is 3.12. The lowest BCUT2D eigenvalue weighted by Crippen LogP contribution is -2.43. The van der Waals surface area contributed by atoms with Crippen LogP contribution in [0.5, 0.6) is 0 Å². The van der Waals surface area contributed by atoms with E-state index in [1.165, 1.54) is 0 Å². The Hall–Kier alpha value is -1.07. The van der Waals surface area contributed by atoms with Gasteiger partial charge >= 0.3 is 0 Å². The van der Waals surface area contributed by atoms with Gasteiger partial charge in [-0.2, -0.15) is 0 Å². The molecule has 0 aromatic heterocycles. The zero-order chi connectivity index (χ0) is 13.5. The molecule has 0 bridgehead atoms. The summed E-state index contributed by atoms with van der Waals surface area (Å²) in [6.07, 6.45) is 3.91. The maximum atomic E-state index is 12.3. The predicted octanol–water partition coefficient (Wildman–Crippen LogP) is 2.12. The minimum Gasteiger partial charge on any atom is -0.385 e. The molecule has 0 spiro atoms. The summed E-state index contributed by atoms with van der Waals surface area (Å²) in [7, 11) is -3.36. The second-order valence-corrected chi connectivity index (χ2v) is 7.46. The van der Waals surface area contributed by atoms with E-state index in [-0.39, 0.29) is 6.04 Å². The first-order valence-corrected chi connectivity index (χ1v) is 8.42. The third-order valence-corrected chi connectivity index (χ3v) is 5.54. The van der Waals surface area contributed by atoms with Gasteiger partial charge in [0.2, 0.25) is 10.0 Å². The van der Waals surface area contributed by atoms with Crippen LogP contribution < -0.4 is 10.0 Å². The molecule has 0 atom stereocenters. The molecule has 3 rings (SSSR count). The first-order chi connectivity index (χ1) is 9.04. The van der Waals surface area contributed by atoms with Crippen molar-refractivity contribution in [2.75, 3.05) is 11.9 Å². The summed E-state index contributed by atoms with van der Waals surface area (Å²) in [5.74, 6) is 0.639. The molecular weight excluding hydrogens is 260 g/mol. The van der Waals surface area contributed by atoms with Crippen LogP contribution in [-0.2, 0) is 16.4 Å². The normalized spacial score (nSPS) is 26.2. The van der Waals surface area contributed by atoms with Crippen molar-refractivity contribution in [2.24, 2.45) is 5.92 Å². The van der Waals surface area contributed by atoms with Crippen molar-refractivity contribution >= 4 is 15.7 Å². The highest BCUT2D eigenvalue weighted by atomic mass is 32.2. The first kappa shape index (κ1) is 12.9.